The zero-order chi connectivity index (χ0) is 20.3. The molecule has 2 heterocycles. The van der Waals surface area contributed by atoms with E-state index in [2.05, 4.69) is 10.6 Å². The zero-order valence-corrected chi connectivity index (χ0v) is 16.5. The largest absolute Gasteiger partial charge is 0.490 e. The smallest absolute Gasteiger partial charge is 0.325 e. The van der Waals surface area contributed by atoms with Gasteiger partial charge in [0.05, 0.1) is 13.2 Å². The fraction of sp³-hybridized carbons (Fsp3) is 0.550. The Bertz CT molecular complexity index is 781. The van der Waals surface area contributed by atoms with E-state index in [4.69, 9.17) is 9.47 Å². The summed E-state index contributed by atoms with van der Waals surface area (Å²) in [6.45, 7) is 6.34. The Morgan fingerprint density at radius 1 is 1.29 bits per heavy atom. The summed E-state index contributed by atoms with van der Waals surface area (Å²) in [5.41, 5.74) is -0.686. The average molecular weight is 389 g/mol. The van der Waals surface area contributed by atoms with Gasteiger partial charge < -0.3 is 20.1 Å². The van der Waals surface area contributed by atoms with Gasteiger partial charge in [-0.3, -0.25) is 14.5 Å². The molecule has 28 heavy (non-hydrogen) atoms. The predicted molar refractivity (Wildman–Crippen MR) is 102 cm³/mol. The van der Waals surface area contributed by atoms with Crippen molar-refractivity contribution in [3.8, 4) is 11.5 Å². The Kier molecular flexibility index (Phi) is 5.76. The number of benzene rings is 1. The normalized spacial score (nSPS) is 22.5. The fourth-order valence-electron chi connectivity index (χ4n) is 3.48. The molecule has 2 atom stereocenters. The first-order valence-electron chi connectivity index (χ1n) is 9.68. The minimum Gasteiger partial charge on any atom is -0.490 e. The lowest BCUT2D eigenvalue weighted by Crippen LogP contribution is -2.45. The van der Waals surface area contributed by atoms with Crippen LogP contribution in [0.3, 0.4) is 0 Å². The number of nitrogens with zero attached hydrogens (tertiary/aromatic N) is 1. The number of rotatable bonds is 6. The van der Waals surface area contributed by atoms with Crippen LogP contribution in [0, 0.1) is 0 Å². The van der Waals surface area contributed by atoms with Crippen molar-refractivity contribution >= 4 is 17.8 Å². The molecule has 8 nitrogen and oxygen atoms in total. The van der Waals surface area contributed by atoms with Crippen molar-refractivity contribution in [2.24, 2.45) is 0 Å². The molecule has 3 rings (SSSR count). The number of fused-ring (bicyclic) bond motifs is 1. The number of hydrogen-bond acceptors (Lipinski definition) is 5. The van der Waals surface area contributed by atoms with Crippen molar-refractivity contribution in [1.82, 2.24) is 15.5 Å². The van der Waals surface area contributed by atoms with Crippen LogP contribution in [0.15, 0.2) is 18.2 Å². The van der Waals surface area contributed by atoms with Gasteiger partial charge in [-0.25, -0.2) is 4.79 Å². The molecule has 1 saturated heterocycles. The van der Waals surface area contributed by atoms with Gasteiger partial charge in [0, 0.05) is 12.5 Å². The number of carbonyl (C=O) groups is 3. The number of ether oxygens (including phenoxy) is 2. The van der Waals surface area contributed by atoms with Gasteiger partial charge in [0.2, 0.25) is 5.91 Å². The molecule has 1 aromatic carbocycles. The van der Waals surface area contributed by atoms with Gasteiger partial charge in [0.1, 0.15) is 12.1 Å². The number of nitrogens with one attached hydrogen (secondary N) is 2. The Morgan fingerprint density at radius 3 is 2.71 bits per heavy atom. The molecule has 0 bridgehead atoms. The Balaban J connectivity index is 1.76. The minimum atomic E-state index is -1.27. The van der Waals surface area contributed by atoms with E-state index in [1.54, 1.807) is 25.1 Å². The highest BCUT2D eigenvalue weighted by molar-refractivity contribution is 6.09. The Hall–Kier alpha value is -2.77. The van der Waals surface area contributed by atoms with Crippen LogP contribution in [0.4, 0.5) is 4.79 Å². The third-order valence-corrected chi connectivity index (χ3v) is 5.03. The van der Waals surface area contributed by atoms with Crippen molar-refractivity contribution in [3.63, 3.8) is 0 Å². The maximum Gasteiger partial charge on any atom is 0.325 e. The molecule has 2 aliphatic rings. The van der Waals surface area contributed by atoms with E-state index >= 15 is 0 Å². The quantitative estimate of drug-likeness (QED) is 0.725. The Labute approximate surface area is 164 Å². The van der Waals surface area contributed by atoms with Crippen LogP contribution in [0.25, 0.3) is 0 Å². The number of carbonyl (C=O) groups excluding carboxylic acids is 3. The van der Waals surface area contributed by atoms with E-state index in [-0.39, 0.29) is 18.5 Å². The van der Waals surface area contributed by atoms with E-state index in [1.165, 1.54) is 0 Å². The number of imide groups is 1. The topological polar surface area (TPSA) is 97.0 Å². The summed E-state index contributed by atoms with van der Waals surface area (Å²) in [4.78, 5) is 38.6. The standard InChI is InChI=1S/C20H27N3O5/c1-4-6-13(2)21-17(24)12-23-18(25)20(3,22-19(23)26)14-7-8-15-16(11-14)28-10-5-9-27-15/h7-8,11,13H,4-6,9-10,12H2,1-3H3,(H,21,24)(H,22,26). The molecule has 152 valence electrons. The molecule has 2 aliphatic heterocycles. The molecule has 0 saturated carbocycles. The lowest BCUT2D eigenvalue weighted by Gasteiger charge is -2.23. The summed E-state index contributed by atoms with van der Waals surface area (Å²) in [7, 11) is 0. The molecule has 0 spiro atoms. The van der Waals surface area contributed by atoms with Crippen molar-refractivity contribution in [2.45, 2.75) is 51.6 Å². The number of amides is 4. The second-order valence-electron chi connectivity index (χ2n) is 7.42. The van der Waals surface area contributed by atoms with Gasteiger partial charge in [-0.05, 0) is 38.0 Å². The summed E-state index contributed by atoms with van der Waals surface area (Å²) < 4.78 is 11.3. The summed E-state index contributed by atoms with van der Waals surface area (Å²) >= 11 is 0. The first-order valence-corrected chi connectivity index (χ1v) is 9.68. The third-order valence-electron chi connectivity index (χ3n) is 5.03. The van der Waals surface area contributed by atoms with Crippen molar-refractivity contribution in [3.05, 3.63) is 23.8 Å². The molecule has 0 aromatic heterocycles. The molecule has 0 radical (unpaired) electrons. The SMILES string of the molecule is CCCC(C)NC(=O)CN1C(=O)NC(C)(c2ccc3c(c2)OCCCO3)C1=O. The van der Waals surface area contributed by atoms with Gasteiger partial charge in [0.15, 0.2) is 11.5 Å². The second-order valence-corrected chi connectivity index (χ2v) is 7.42. The van der Waals surface area contributed by atoms with Crippen LogP contribution in [0.2, 0.25) is 0 Å². The zero-order valence-electron chi connectivity index (χ0n) is 16.5. The van der Waals surface area contributed by atoms with Crippen LogP contribution in [0.5, 0.6) is 11.5 Å². The lowest BCUT2D eigenvalue weighted by molar-refractivity contribution is -0.135. The minimum absolute atomic E-state index is 0.00798. The van der Waals surface area contributed by atoms with Gasteiger partial charge in [-0.15, -0.1) is 0 Å². The second kappa shape index (κ2) is 8.08. The summed E-state index contributed by atoms with van der Waals surface area (Å²) in [6.07, 6.45) is 2.55. The van der Waals surface area contributed by atoms with Gasteiger partial charge in [-0.1, -0.05) is 19.4 Å². The number of hydrogen-bond donors (Lipinski definition) is 2. The highest BCUT2D eigenvalue weighted by atomic mass is 16.5. The molecule has 1 fully saturated rings. The van der Waals surface area contributed by atoms with Crippen LogP contribution in [-0.4, -0.2) is 48.5 Å². The van der Waals surface area contributed by atoms with Crippen molar-refractivity contribution in [1.29, 1.82) is 0 Å². The summed E-state index contributed by atoms with van der Waals surface area (Å²) in [5.74, 6) is 0.336. The molecule has 4 amide bonds. The average Bonchev–Trinajstić information content (AvgIpc) is 2.82. The van der Waals surface area contributed by atoms with Crippen LogP contribution < -0.4 is 20.1 Å². The van der Waals surface area contributed by atoms with E-state index in [0.29, 0.717) is 30.3 Å². The first kappa shape index (κ1) is 20.0. The highest BCUT2D eigenvalue weighted by Gasteiger charge is 2.49. The maximum atomic E-state index is 13.0. The fourth-order valence-corrected chi connectivity index (χ4v) is 3.48. The lowest BCUT2D eigenvalue weighted by atomic mass is 9.91. The van der Waals surface area contributed by atoms with E-state index in [1.807, 2.05) is 13.8 Å². The van der Waals surface area contributed by atoms with Crippen LogP contribution in [-0.2, 0) is 15.1 Å². The van der Waals surface area contributed by atoms with Gasteiger partial charge in [-0.2, -0.15) is 0 Å². The molecule has 1 aromatic rings. The highest BCUT2D eigenvalue weighted by Crippen LogP contribution is 2.36. The van der Waals surface area contributed by atoms with E-state index in [9.17, 15) is 14.4 Å². The summed E-state index contributed by atoms with van der Waals surface area (Å²) in [6, 6.07) is 4.59. The van der Waals surface area contributed by atoms with E-state index in [0.717, 1.165) is 24.2 Å². The Morgan fingerprint density at radius 2 is 2.00 bits per heavy atom. The molecule has 2 unspecified atom stereocenters. The molecular formula is C20H27N3O5. The molecular weight excluding hydrogens is 362 g/mol. The van der Waals surface area contributed by atoms with E-state index < -0.39 is 17.5 Å². The third kappa shape index (κ3) is 3.90. The first-order chi connectivity index (χ1) is 13.3. The predicted octanol–water partition coefficient (Wildman–Crippen LogP) is 1.92. The van der Waals surface area contributed by atoms with Crippen molar-refractivity contribution in [2.75, 3.05) is 19.8 Å². The molecule has 0 aliphatic carbocycles. The van der Waals surface area contributed by atoms with Crippen molar-refractivity contribution < 1.29 is 23.9 Å². The summed E-state index contributed by atoms with van der Waals surface area (Å²) in [5, 5.41) is 5.53. The van der Waals surface area contributed by atoms with Gasteiger partial charge in [0.25, 0.3) is 5.91 Å². The molecule has 2 N–H and O–H groups in total. The van der Waals surface area contributed by atoms with Gasteiger partial charge >= 0.3 is 6.03 Å². The monoisotopic (exact) mass is 389 g/mol. The van der Waals surface area contributed by atoms with Crippen LogP contribution in [0.1, 0.15) is 45.6 Å². The maximum absolute atomic E-state index is 13.0. The molecule has 8 heteroatoms. The van der Waals surface area contributed by atoms with Crippen LogP contribution >= 0.6 is 0 Å². The number of urea groups is 1.